The van der Waals surface area contributed by atoms with E-state index in [0.29, 0.717) is 19.5 Å². The molecule has 1 amide bonds. The van der Waals surface area contributed by atoms with E-state index < -0.39 is 5.97 Å². The van der Waals surface area contributed by atoms with Crippen molar-refractivity contribution < 1.29 is 14.7 Å². The van der Waals surface area contributed by atoms with Crippen LogP contribution in [0, 0.1) is 5.92 Å². The highest BCUT2D eigenvalue weighted by atomic mass is 16.4. The van der Waals surface area contributed by atoms with E-state index in [1.54, 1.807) is 4.90 Å². The third kappa shape index (κ3) is 2.72. The van der Waals surface area contributed by atoms with Crippen LogP contribution in [0.4, 0.5) is 0 Å². The summed E-state index contributed by atoms with van der Waals surface area (Å²) < 4.78 is 0. The van der Waals surface area contributed by atoms with Gasteiger partial charge in [-0.15, -0.1) is 0 Å². The summed E-state index contributed by atoms with van der Waals surface area (Å²) in [7, 11) is 0. The van der Waals surface area contributed by atoms with Gasteiger partial charge in [0.2, 0.25) is 5.91 Å². The number of carbonyl (C=O) groups is 2. The molecule has 0 bridgehead atoms. The second kappa shape index (κ2) is 4.98. The summed E-state index contributed by atoms with van der Waals surface area (Å²) in [6, 6.07) is 0. The molecule has 1 saturated heterocycles. The Morgan fingerprint density at radius 2 is 2.00 bits per heavy atom. The number of amides is 1. The second-order valence-electron chi connectivity index (χ2n) is 3.79. The molecule has 0 unspecified atom stereocenters. The first kappa shape index (κ1) is 11.0. The van der Waals surface area contributed by atoms with Gasteiger partial charge in [0.15, 0.2) is 0 Å². The molecule has 1 N–H and O–H groups in total. The Hall–Kier alpha value is -1.06. The van der Waals surface area contributed by atoms with Crippen LogP contribution < -0.4 is 0 Å². The number of hydrogen-bond acceptors (Lipinski definition) is 2. The number of hydrogen-bond donors (Lipinski definition) is 1. The molecule has 0 saturated carbocycles. The summed E-state index contributed by atoms with van der Waals surface area (Å²) in [5.41, 5.74) is 0. The standard InChI is InChI=1S/C10H17NO3/c1-2-3-4-5-9(12)11-6-8(7-11)10(13)14/h8H,2-7H2,1H3,(H,13,14). The zero-order chi connectivity index (χ0) is 10.6. The summed E-state index contributed by atoms with van der Waals surface area (Å²) in [5.74, 6) is -1.01. The van der Waals surface area contributed by atoms with E-state index in [2.05, 4.69) is 6.92 Å². The Bertz CT molecular complexity index is 221. The maximum absolute atomic E-state index is 11.4. The molecule has 1 fully saturated rings. The molecule has 0 aliphatic carbocycles. The van der Waals surface area contributed by atoms with Crippen LogP contribution in [-0.2, 0) is 9.59 Å². The molecular formula is C10H17NO3. The maximum atomic E-state index is 11.4. The predicted molar refractivity (Wildman–Crippen MR) is 51.8 cm³/mol. The summed E-state index contributed by atoms with van der Waals surface area (Å²) in [6.07, 6.45) is 3.66. The molecule has 0 aromatic carbocycles. The first-order valence-corrected chi connectivity index (χ1v) is 5.15. The van der Waals surface area contributed by atoms with E-state index in [1.807, 2.05) is 0 Å². The Labute approximate surface area is 83.9 Å². The number of carboxylic acid groups (broad SMARTS) is 1. The van der Waals surface area contributed by atoms with E-state index in [0.717, 1.165) is 19.3 Å². The summed E-state index contributed by atoms with van der Waals surface area (Å²) in [6.45, 7) is 2.90. The highest BCUT2D eigenvalue weighted by molar-refractivity contribution is 5.80. The highest BCUT2D eigenvalue weighted by Gasteiger charge is 2.34. The minimum absolute atomic E-state index is 0.107. The number of aliphatic carboxylic acids is 1. The monoisotopic (exact) mass is 199 g/mol. The number of nitrogens with zero attached hydrogens (tertiary/aromatic N) is 1. The molecule has 0 spiro atoms. The van der Waals surface area contributed by atoms with Crippen molar-refractivity contribution in [2.24, 2.45) is 5.92 Å². The van der Waals surface area contributed by atoms with Gasteiger partial charge in [-0.25, -0.2) is 0 Å². The van der Waals surface area contributed by atoms with Crippen LogP contribution in [0.5, 0.6) is 0 Å². The summed E-state index contributed by atoms with van der Waals surface area (Å²) in [4.78, 5) is 23.5. The number of likely N-dealkylation sites (tertiary alicyclic amines) is 1. The molecule has 1 heterocycles. The van der Waals surface area contributed by atoms with Gasteiger partial charge in [0.25, 0.3) is 0 Å². The molecule has 80 valence electrons. The van der Waals surface area contributed by atoms with E-state index in [-0.39, 0.29) is 11.8 Å². The van der Waals surface area contributed by atoms with Crippen molar-refractivity contribution in [2.45, 2.75) is 32.6 Å². The van der Waals surface area contributed by atoms with Gasteiger partial charge in [0, 0.05) is 19.5 Å². The molecule has 0 radical (unpaired) electrons. The zero-order valence-corrected chi connectivity index (χ0v) is 8.53. The Balaban J connectivity index is 2.13. The molecule has 4 nitrogen and oxygen atoms in total. The van der Waals surface area contributed by atoms with Gasteiger partial charge in [-0.1, -0.05) is 19.8 Å². The van der Waals surface area contributed by atoms with Gasteiger partial charge >= 0.3 is 5.97 Å². The van der Waals surface area contributed by atoms with E-state index in [1.165, 1.54) is 0 Å². The molecule has 1 aliphatic heterocycles. The maximum Gasteiger partial charge on any atom is 0.310 e. The number of carboxylic acids is 1. The van der Waals surface area contributed by atoms with Crippen LogP contribution in [0.3, 0.4) is 0 Å². The van der Waals surface area contributed by atoms with Crippen molar-refractivity contribution in [3.8, 4) is 0 Å². The van der Waals surface area contributed by atoms with Crippen molar-refractivity contribution in [3.05, 3.63) is 0 Å². The van der Waals surface area contributed by atoms with Crippen molar-refractivity contribution >= 4 is 11.9 Å². The van der Waals surface area contributed by atoms with Crippen molar-refractivity contribution in [1.29, 1.82) is 0 Å². The topological polar surface area (TPSA) is 57.6 Å². The first-order valence-electron chi connectivity index (χ1n) is 5.15. The minimum atomic E-state index is -0.789. The largest absolute Gasteiger partial charge is 0.481 e. The van der Waals surface area contributed by atoms with Crippen LogP contribution in [0.1, 0.15) is 32.6 Å². The van der Waals surface area contributed by atoms with E-state index in [9.17, 15) is 9.59 Å². The van der Waals surface area contributed by atoms with Crippen LogP contribution in [-0.4, -0.2) is 35.0 Å². The van der Waals surface area contributed by atoms with E-state index in [4.69, 9.17) is 5.11 Å². The third-order valence-electron chi connectivity index (χ3n) is 2.58. The normalized spacial score (nSPS) is 16.5. The van der Waals surface area contributed by atoms with Crippen molar-refractivity contribution in [1.82, 2.24) is 4.90 Å². The van der Waals surface area contributed by atoms with Crippen LogP contribution in [0.15, 0.2) is 0 Å². The molecular weight excluding hydrogens is 182 g/mol. The summed E-state index contributed by atoms with van der Waals surface area (Å²) in [5, 5.41) is 8.61. The van der Waals surface area contributed by atoms with Crippen LogP contribution in [0.2, 0.25) is 0 Å². The Morgan fingerprint density at radius 3 is 2.50 bits per heavy atom. The number of unbranched alkanes of at least 4 members (excludes halogenated alkanes) is 2. The fraction of sp³-hybridized carbons (Fsp3) is 0.800. The van der Waals surface area contributed by atoms with Crippen LogP contribution >= 0.6 is 0 Å². The third-order valence-corrected chi connectivity index (χ3v) is 2.58. The first-order chi connectivity index (χ1) is 6.65. The fourth-order valence-electron chi connectivity index (χ4n) is 1.52. The SMILES string of the molecule is CCCCCC(=O)N1CC(C(=O)O)C1. The second-order valence-corrected chi connectivity index (χ2v) is 3.79. The van der Waals surface area contributed by atoms with Gasteiger partial charge in [-0.05, 0) is 6.42 Å². The average molecular weight is 199 g/mol. The highest BCUT2D eigenvalue weighted by Crippen LogP contribution is 2.17. The van der Waals surface area contributed by atoms with Gasteiger partial charge in [0.05, 0.1) is 5.92 Å². The minimum Gasteiger partial charge on any atom is -0.481 e. The lowest BCUT2D eigenvalue weighted by Crippen LogP contribution is -2.52. The molecule has 0 atom stereocenters. The lowest BCUT2D eigenvalue weighted by atomic mass is 9.99. The smallest absolute Gasteiger partial charge is 0.310 e. The predicted octanol–water partition coefficient (Wildman–Crippen LogP) is 1.11. The average Bonchev–Trinajstić information content (AvgIpc) is 2.01. The lowest BCUT2D eigenvalue weighted by molar-refractivity contribution is -0.152. The van der Waals surface area contributed by atoms with Crippen LogP contribution in [0.25, 0.3) is 0 Å². The Kier molecular flexibility index (Phi) is 3.92. The van der Waals surface area contributed by atoms with Gasteiger partial charge in [0.1, 0.15) is 0 Å². The molecule has 0 aromatic heterocycles. The molecule has 4 heteroatoms. The quantitative estimate of drug-likeness (QED) is 0.675. The van der Waals surface area contributed by atoms with Gasteiger partial charge in [-0.3, -0.25) is 9.59 Å². The van der Waals surface area contributed by atoms with Crippen molar-refractivity contribution in [3.63, 3.8) is 0 Å². The zero-order valence-electron chi connectivity index (χ0n) is 8.53. The number of carbonyl (C=O) groups excluding carboxylic acids is 1. The summed E-state index contributed by atoms with van der Waals surface area (Å²) >= 11 is 0. The number of rotatable bonds is 5. The molecule has 1 aliphatic rings. The van der Waals surface area contributed by atoms with Gasteiger partial charge < -0.3 is 10.0 Å². The Morgan fingerprint density at radius 1 is 1.36 bits per heavy atom. The molecule has 14 heavy (non-hydrogen) atoms. The lowest BCUT2D eigenvalue weighted by Gasteiger charge is -2.36. The van der Waals surface area contributed by atoms with E-state index >= 15 is 0 Å². The molecule has 1 rings (SSSR count). The fourth-order valence-corrected chi connectivity index (χ4v) is 1.52. The van der Waals surface area contributed by atoms with Crippen molar-refractivity contribution in [2.75, 3.05) is 13.1 Å². The molecule has 0 aromatic rings. The van der Waals surface area contributed by atoms with Gasteiger partial charge in [-0.2, -0.15) is 0 Å².